The van der Waals surface area contributed by atoms with Crippen molar-refractivity contribution in [1.82, 2.24) is 9.78 Å². The molecule has 0 unspecified atom stereocenters. The SMILES string of the molecule is C[C@@H](C(=O)Nc1cccc(NS(=O)(=O)c2cccc(Cl)c2)c1)n1cccn1. The normalized spacial score (nSPS) is 12.4. The maximum Gasteiger partial charge on any atom is 0.261 e. The number of rotatable bonds is 6. The molecule has 0 radical (unpaired) electrons. The third-order valence-corrected chi connectivity index (χ3v) is 5.40. The zero-order valence-corrected chi connectivity index (χ0v) is 15.9. The molecule has 140 valence electrons. The van der Waals surface area contributed by atoms with E-state index in [1.165, 1.54) is 22.9 Å². The lowest BCUT2D eigenvalue weighted by molar-refractivity contribution is -0.119. The van der Waals surface area contributed by atoms with E-state index >= 15 is 0 Å². The van der Waals surface area contributed by atoms with Crippen molar-refractivity contribution in [2.45, 2.75) is 17.9 Å². The number of anilines is 2. The van der Waals surface area contributed by atoms with Crippen LogP contribution in [0.2, 0.25) is 5.02 Å². The van der Waals surface area contributed by atoms with Gasteiger partial charge in [-0.3, -0.25) is 14.2 Å². The Morgan fingerprint density at radius 1 is 1.11 bits per heavy atom. The highest BCUT2D eigenvalue weighted by Crippen LogP contribution is 2.22. The van der Waals surface area contributed by atoms with Crippen molar-refractivity contribution in [3.63, 3.8) is 0 Å². The van der Waals surface area contributed by atoms with E-state index in [9.17, 15) is 13.2 Å². The number of nitrogens with one attached hydrogen (secondary N) is 2. The Morgan fingerprint density at radius 3 is 2.56 bits per heavy atom. The summed E-state index contributed by atoms with van der Waals surface area (Å²) in [5, 5.41) is 7.11. The lowest BCUT2D eigenvalue weighted by Crippen LogP contribution is -2.24. The van der Waals surface area contributed by atoms with E-state index < -0.39 is 16.1 Å². The van der Waals surface area contributed by atoms with E-state index in [0.717, 1.165) is 0 Å². The quantitative estimate of drug-likeness (QED) is 0.657. The summed E-state index contributed by atoms with van der Waals surface area (Å²) in [4.78, 5) is 12.4. The van der Waals surface area contributed by atoms with Crippen LogP contribution in [0.15, 0.2) is 71.9 Å². The van der Waals surface area contributed by atoms with E-state index in [1.54, 1.807) is 55.7 Å². The minimum absolute atomic E-state index is 0.0525. The molecule has 0 saturated heterocycles. The van der Waals surface area contributed by atoms with Crippen LogP contribution in [-0.2, 0) is 14.8 Å². The van der Waals surface area contributed by atoms with E-state index in [1.807, 2.05) is 0 Å². The molecule has 0 bridgehead atoms. The van der Waals surface area contributed by atoms with Gasteiger partial charge in [0.25, 0.3) is 10.0 Å². The first kappa shape index (κ1) is 18.9. The van der Waals surface area contributed by atoms with Gasteiger partial charge in [0.1, 0.15) is 6.04 Å². The Morgan fingerprint density at radius 2 is 1.85 bits per heavy atom. The summed E-state index contributed by atoms with van der Waals surface area (Å²) < 4.78 is 29.0. The molecule has 0 aliphatic heterocycles. The number of carbonyl (C=O) groups excluding carboxylic acids is 1. The average molecular weight is 405 g/mol. The molecule has 27 heavy (non-hydrogen) atoms. The van der Waals surface area contributed by atoms with Crippen molar-refractivity contribution in [3.05, 3.63) is 72.0 Å². The van der Waals surface area contributed by atoms with E-state index in [2.05, 4.69) is 15.1 Å². The third kappa shape index (κ3) is 4.66. The summed E-state index contributed by atoms with van der Waals surface area (Å²) in [6, 6.07) is 13.6. The lowest BCUT2D eigenvalue weighted by Gasteiger charge is -2.14. The second-order valence-electron chi connectivity index (χ2n) is 5.79. The molecular formula is C18H17ClN4O3S. The summed E-state index contributed by atoms with van der Waals surface area (Å²) in [5.41, 5.74) is 0.782. The van der Waals surface area contributed by atoms with Gasteiger partial charge in [-0.1, -0.05) is 23.7 Å². The lowest BCUT2D eigenvalue weighted by atomic mass is 10.2. The predicted molar refractivity (Wildman–Crippen MR) is 104 cm³/mol. The maximum atomic E-state index is 12.5. The van der Waals surface area contributed by atoms with Gasteiger partial charge in [0.15, 0.2) is 0 Å². The highest BCUT2D eigenvalue weighted by atomic mass is 35.5. The molecule has 1 amide bonds. The summed E-state index contributed by atoms with van der Waals surface area (Å²) in [6.45, 7) is 1.72. The van der Waals surface area contributed by atoms with Crippen molar-refractivity contribution in [2.24, 2.45) is 0 Å². The highest BCUT2D eigenvalue weighted by molar-refractivity contribution is 7.92. The van der Waals surface area contributed by atoms with Crippen LogP contribution in [-0.4, -0.2) is 24.1 Å². The van der Waals surface area contributed by atoms with Gasteiger partial charge in [-0.05, 0) is 49.4 Å². The van der Waals surface area contributed by atoms with E-state index in [4.69, 9.17) is 11.6 Å². The second-order valence-corrected chi connectivity index (χ2v) is 7.91. The predicted octanol–water partition coefficient (Wildman–Crippen LogP) is 3.54. The Hall–Kier alpha value is -2.84. The van der Waals surface area contributed by atoms with Crippen LogP contribution in [0.3, 0.4) is 0 Å². The number of aromatic nitrogens is 2. The van der Waals surface area contributed by atoms with Crippen LogP contribution < -0.4 is 10.0 Å². The number of benzene rings is 2. The van der Waals surface area contributed by atoms with Crippen LogP contribution in [0.1, 0.15) is 13.0 Å². The largest absolute Gasteiger partial charge is 0.324 e. The number of nitrogens with zero attached hydrogens (tertiary/aromatic N) is 2. The molecule has 2 N–H and O–H groups in total. The summed E-state index contributed by atoms with van der Waals surface area (Å²) >= 11 is 5.86. The Bertz CT molecular complexity index is 1050. The molecule has 1 atom stereocenters. The van der Waals surface area contributed by atoms with Crippen LogP contribution in [0.5, 0.6) is 0 Å². The van der Waals surface area contributed by atoms with Crippen molar-refractivity contribution in [2.75, 3.05) is 10.0 Å². The number of hydrogen-bond donors (Lipinski definition) is 2. The zero-order valence-electron chi connectivity index (χ0n) is 14.3. The van der Waals surface area contributed by atoms with Crippen LogP contribution in [0.25, 0.3) is 0 Å². The molecule has 1 aromatic heterocycles. The molecule has 3 aromatic rings. The first-order chi connectivity index (χ1) is 12.8. The minimum Gasteiger partial charge on any atom is -0.324 e. The Kier molecular flexibility index (Phi) is 5.48. The maximum absolute atomic E-state index is 12.5. The minimum atomic E-state index is -3.79. The number of amides is 1. The standard InChI is InChI=1S/C18H17ClN4O3S/c1-13(23-10-4-9-20-23)18(24)21-15-6-3-7-16(12-15)22-27(25,26)17-8-2-5-14(19)11-17/h2-13,22H,1H3,(H,21,24)/t13-/m0/s1. The van der Waals surface area contributed by atoms with Crippen molar-refractivity contribution < 1.29 is 13.2 Å². The fraction of sp³-hybridized carbons (Fsp3) is 0.111. The van der Waals surface area contributed by atoms with Gasteiger partial charge in [-0.15, -0.1) is 0 Å². The fourth-order valence-corrected chi connectivity index (χ4v) is 3.74. The molecule has 0 aliphatic carbocycles. The van der Waals surface area contributed by atoms with Crippen molar-refractivity contribution >= 4 is 38.9 Å². The van der Waals surface area contributed by atoms with E-state index in [-0.39, 0.29) is 10.8 Å². The summed E-state index contributed by atoms with van der Waals surface area (Å²) in [7, 11) is -3.79. The van der Waals surface area contributed by atoms with Crippen LogP contribution in [0, 0.1) is 0 Å². The van der Waals surface area contributed by atoms with Crippen LogP contribution >= 0.6 is 11.6 Å². The molecule has 3 rings (SSSR count). The van der Waals surface area contributed by atoms with Crippen molar-refractivity contribution in [1.29, 1.82) is 0 Å². The first-order valence-corrected chi connectivity index (χ1v) is 9.90. The highest BCUT2D eigenvalue weighted by Gasteiger charge is 2.17. The topological polar surface area (TPSA) is 93.1 Å². The van der Waals surface area contributed by atoms with Gasteiger partial charge in [0.05, 0.1) is 10.6 Å². The smallest absolute Gasteiger partial charge is 0.261 e. The van der Waals surface area contributed by atoms with Gasteiger partial charge in [0, 0.05) is 23.1 Å². The molecule has 0 aliphatic rings. The number of hydrogen-bond acceptors (Lipinski definition) is 4. The van der Waals surface area contributed by atoms with Gasteiger partial charge in [-0.2, -0.15) is 5.10 Å². The summed E-state index contributed by atoms with van der Waals surface area (Å²) in [5.74, 6) is -0.270. The molecule has 0 fully saturated rings. The van der Waals surface area contributed by atoms with E-state index in [0.29, 0.717) is 16.4 Å². The third-order valence-electron chi connectivity index (χ3n) is 3.79. The average Bonchev–Trinajstić information content (AvgIpc) is 3.15. The van der Waals surface area contributed by atoms with Gasteiger partial charge in [0.2, 0.25) is 5.91 Å². The monoisotopic (exact) mass is 404 g/mol. The van der Waals surface area contributed by atoms with Gasteiger partial charge < -0.3 is 5.32 Å². The molecular weight excluding hydrogens is 388 g/mol. The molecule has 9 heteroatoms. The Balaban J connectivity index is 1.75. The molecule has 0 spiro atoms. The second kappa shape index (κ2) is 7.81. The Labute approximate surface area is 162 Å². The molecule has 7 nitrogen and oxygen atoms in total. The van der Waals surface area contributed by atoms with Gasteiger partial charge >= 0.3 is 0 Å². The first-order valence-electron chi connectivity index (χ1n) is 8.03. The van der Waals surface area contributed by atoms with Crippen LogP contribution in [0.4, 0.5) is 11.4 Å². The molecule has 2 aromatic carbocycles. The number of sulfonamides is 1. The fourth-order valence-electron chi connectivity index (χ4n) is 2.39. The summed E-state index contributed by atoms with van der Waals surface area (Å²) in [6.07, 6.45) is 3.29. The molecule has 0 saturated carbocycles. The number of carbonyl (C=O) groups is 1. The number of halogens is 1. The van der Waals surface area contributed by atoms with Crippen molar-refractivity contribution in [3.8, 4) is 0 Å². The van der Waals surface area contributed by atoms with Gasteiger partial charge in [-0.25, -0.2) is 8.42 Å². The molecule has 1 heterocycles. The zero-order chi connectivity index (χ0) is 19.4.